The molecule has 0 unspecified atom stereocenters. The Balaban J connectivity index is 2.92. The molecule has 0 atom stereocenters. The summed E-state index contributed by atoms with van der Waals surface area (Å²) in [5.74, 6) is -1.31. The van der Waals surface area contributed by atoms with Crippen LogP contribution in [0, 0.1) is 29.6 Å². The van der Waals surface area contributed by atoms with Gasteiger partial charge < -0.3 is 15.8 Å². The van der Waals surface area contributed by atoms with Crippen LogP contribution in [0.5, 0.6) is 0 Å². The number of anilines is 1. The molecule has 7 nitrogen and oxygen atoms in total. The number of nitrogens with zero attached hydrogens (tertiary/aromatic N) is 2. The largest absolute Gasteiger partial charge is 0.478 e. The minimum absolute atomic E-state index is 0.0177. The van der Waals surface area contributed by atoms with Crippen molar-refractivity contribution in [3.05, 3.63) is 50.8 Å². The molecule has 0 spiro atoms. The van der Waals surface area contributed by atoms with Gasteiger partial charge in [0.2, 0.25) is 0 Å². The van der Waals surface area contributed by atoms with Gasteiger partial charge in [0.25, 0.3) is 5.56 Å². The molecule has 22 heavy (non-hydrogen) atoms. The molecule has 0 aliphatic rings. The van der Waals surface area contributed by atoms with E-state index in [1.165, 1.54) is 12.1 Å². The van der Waals surface area contributed by atoms with E-state index in [9.17, 15) is 20.0 Å². The lowest BCUT2D eigenvalue weighted by Gasteiger charge is -2.10. The van der Waals surface area contributed by atoms with Crippen LogP contribution < -0.4 is 11.3 Å². The monoisotopic (exact) mass is 294 g/mol. The normalized spacial score (nSPS) is 9.77. The number of carboxylic acids is 1. The van der Waals surface area contributed by atoms with Gasteiger partial charge in [-0.3, -0.25) is 4.79 Å². The summed E-state index contributed by atoms with van der Waals surface area (Å²) in [4.78, 5) is 25.3. The number of hydrogen-bond acceptors (Lipinski definition) is 5. The van der Waals surface area contributed by atoms with Gasteiger partial charge in [-0.15, -0.1) is 0 Å². The number of rotatable bonds is 2. The molecule has 0 bridgehead atoms. The number of H-pyrrole nitrogens is 1. The molecule has 0 amide bonds. The third-order valence-electron chi connectivity index (χ3n) is 3.22. The molecule has 7 heteroatoms. The van der Waals surface area contributed by atoms with Crippen molar-refractivity contribution < 1.29 is 9.90 Å². The molecule has 108 valence electrons. The van der Waals surface area contributed by atoms with Gasteiger partial charge >= 0.3 is 5.97 Å². The summed E-state index contributed by atoms with van der Waals surface area (Å²) in [6.45, 7) is 1.62. The summed E-state index contributed by atoms with van der Waals surface area (Å²) in [7, 11) is 0. The number of pyridine rings is 1. The zero-order valence-corrected chi connectivity index (χ0v) is 11.5. The highest BCUT2D eigenvalue weighted by molar-refractivity contribution is 5.92. The summed E-state index contributed by atoms with van der Waals surface area (Å²) < 4.78 is 0. The van der Waals surface area contributed by atoms with Crippen LogP contribution in [-0.2, 0) is 0 Å². The Morgan fingerprint density at radius 3 is 2.45 bits per heavy atom. The van der Waals surface area contributed by atoms with Crippen LogP contribution in [0.3, 0.4) is 0 Å². The second kappa shape index (κ2) is 5.43. The average Bonchev–Trinajstić information content (AvgIpc) is 2.47. The lowest BCUT2D eigenvalue weighted by Crippen LogP contribution is -2.16. The highest BCUT2D eigenvalue weighted by Gasteiger charge is 2.19. The summed E-state index contributed by atoms with van der Waals surface area (Å²) >= 11 is 0. The predicted molar refractivity (Wildman–Crippen MR) is 78.0 cm³/mol. The minimum atomic E-state index is -1.14. The second-order valence-electron chi connectivity index (χ2n) is 4.55. The van der Waals surface area contributed by atoms with Gasteiger partial charge in [0.15, 0.2) is 0 Å². The maximum atomic E-state index is 11.8. The Morgan fingerprint density at radius 1 is 1.27 bits per heavy atom. The van der Waals surface area contributed by atoms with E-state index in [0.29, 0.717) is 5.56 Å². The fraction of sp³-hybridized carbons (Fsp3) is 0.0667. The molecule has 0 fully saturated rings. The van der Waals surface area contributed by atoms with Gasteiger partial charge in [-0.05, 0) is 24.1 Å². The summed E-state index contributed by atoms with van der Waals surface area (Å²) in [6, 6.07) is 7.96. The van der Waals surface area contributed by atoms with Crippen molar-refractivity contribution in [3.63, 3.8) is 0 Å². The molecule has 0 saturated carbocycles. The van der Waals surface area contributed by atoms with Gasteiger partial charge in [0.1, 0.15) is 29.1 Å². The first kappa shape index (κ1) is 14.8. The number of nitrogen functional groups attached to an aromatic ring is 1. The molecule has 0 aliphatic heterocycles. The second-order valence-corrected chi connectivity index (χ2v) is 4.55. The molecule has 1 aromatic carbocycles. The fourth-order valence-corrected chi connectivity index (χ4v) is 2.14. The van der Waals surface area contributed by atoms with E-state index >= 15 is 0 Å². The Bertz CT molecular complexity index is 930. The first-order chi connectivity index (χ1) is 10.4. The third-order valence-corrected chi connectivity index (χ3v) is 3.22. The van der Waals surface area contributed by atoms with Gasteiger partial charge in [0, 0.05) is 5.56 Å². The molecule has 1 heterocycles. The number of aromatic amines is 1. The molecule has 0 radical (unpaired) electrons. The highest BCUT2D eigenvalue weighted by atomic mass is 16.4. The fourth-order valence-electron chi connectivity index (χ4n) is 2.14. The first-order valence-corrected chi connectivity index (χ1v) is 6.11. The molecule has 2 rings (SSSR count). The maximum absolute atomic E-state index is 11.8. The van der Waals surface area contributed by atoms with Crippen molar-refractivity contribution in [1.29, 1.82) is 10.5 Å². The van der Waals surface area contributed by atoms with Crippen LogP contribution in [0.2, 0.25) is 0 Å². The van der Waals surface area contributed by atoms with Gasteiger partial charge in [-0.1, -0.05) is 12.1 Å². The van der Waals surface area contributed by atoms with Crippen molar-refractivity contribution in [1.82, 2.24) is 4.98 Å². The number of nitrogens with one attached hydrogen (secondary N) is 1. The van der Waals surface area contributed by atoms with Crippen molar-refractivity contribution in [2.75, 3.05) is 5.73 Å². The number of carbonyl (C=O) groups is 1. The molecular weight excluding hydrogens is 284 g/mol. The van der Waals surface area contributed by atoms with Crippen LogP contribution in [0.1, 0.15) is 27.0 Å². The van der Waals surface area contributed by atoms with Crippen molar-refractivity contribution in [2.45, 2.75) is 6.92 Å². The van der Waals surface area contributed by atoms with E-state index in [2.05, 4.69) is 4.98 Å². The van der Waals surface area contributed by atoms with Crippen LogP contribution >= 0.6 is 0 Å². The number of nitriles is 2. The van der Waals surface area contributed by atoms with E-state index in [1.807, 2.05) is 6.07 Å². The number of carboxylic acid groups (broad SMARTS) is 1. The lowest BCUT2D eigenvalue weighted by molar-refractivity contribution is 0.0696. The number of aromatic carboxylic acids is 1. The molecule has 0 aliphatic carbocycles. The van der Waals surface area contributed by atoms with Crippen LogP contribution in [0.4, 0.5) is 5.82 Å². The number of hydrogen-bond donors (Lipinski definition) is 3. The quantitative estimate of drug-likeness (QED) is 0.763. The van der Waals surface area contributed by atoms with Crippen molar-refractivity contribution in [2.24, 2.45) is 0 Å². The maximum Gasteiger partial charge on any atom is 0.335 e. The molecule has 1 aromatic heterocycles. The zero-order valence-electron chi connectivity index (χ0n) is 11.5. The Labute approximate surface area is 124 Å². The van der Waals surface area contributed by atoms with Gasteiger partial charge in [-0.2, -0.15) is 10.5 Å². The van der Waals surface area contributed by atoms with Crippen molar-refractivity contribution in [3.8, 4) is 23.3 Å². The summed E-state index contributed by atoms with van der Waals surface area (Å²) in [5, 5.41) is 27.6. The van der Waals surface area contributed by atoms with Crippen LogP contribution in [0.25, 0.3) is 11.1 Å². The molecule has 4 N–H and O–H groups in total. The van der Waals surface area contributed by atoms with E-state index in [1.54, 1.807) is 19.1 Å². The molecule has 2 aromatic rings. The van der Waals surface area contributed by atoms with E-state index < -0.39 is 11.5 Å². The van der Waals surface area contributed by atoms with E-state index in [-0.39, 0.29) is 33.6 Å². The van der Waals surface area contributed by atoms with Crippen LogP contribution in [-0.4, -0.2) is 16.1 Å². The smallest absolute Gasteiger partial charge is 0.335 e. The Hall–Kier alpha value is -3.58. The number of benzene rings is 1. The zero-order chi connectivity index (χ0) is 16.4. The van der Waals surface area contributed by atoms with Gasteiger partial charge in [0.05, 0.1) is 5.56 Å². The Morgan fingerprint density at radius 2 is 1.91 bits per heavy atom. The van der Waals surface area contributed by atoms with Gasteiger partial charge in [-0.25, -0.2) is 4.79 Å². The van der Waals surface area contributed by atoms with Crippen LogP contribution in [0.15, 0.2) is 23.0 Å². The lowest BCUT2D eigenvalue weighted by atomic mass is 9.94. The summed E-state index contributed by atoms with van der Waals surface area (Å²) in [5.41, 5.74) is 5.37. The van der Waals surface area contributed by atoms with E-state index in [0.717, 1.165) is 0 Å². The number of aromatic nitrogens is 1. The molecular formula is C15H10N4O3. The Kier molecular flexibility index (Phi) is 3.66. The third kappa shape index (κ3) is 2.28. The SMILES string of the molecule is Cc1ccc(-c2c(C#N)c(N)[nH]c(=O)c2C#N)cc1C(=O)O. The van der Waals surface area contributed by atoms with E-state index in [4.69, 9.17) is 11.0 Å². The average molecular weight is 294 g/mol. The van der Waals surface area contributed by atoms with Crippen molar-refractivity contribution >= 4 is 11.8 Å². The number of aryl methyl sites for hydroxylation is 1. The predicted octanol–water partition coefficient (Wildman–Crippen LogP) is 1.37. The summed E-state index contributed by atoms with van der Waals surface area (Å²) in [6.07, 6.45) is 0. The first-order valence-electron chi connectivity index (χ1n) is 6.11. The number of nitrogens with two attached hydrogens (primary N) is 1. The molecule has 0 saturated heterocycles. The topological polar surface area (TPSA) is 144 Å². The minimum Gasteiger partial charge on any atom is -0.478 e. The highest BCUT2D eigenvalue weighted by Crippen LogP contribution is 2.29. The standard InChI is InChI=1S/C15H10N4O3/c1-7-2-3-8(4-9(7)15(21)22)12-10(5-16)13(18)19-14(20)11(12)6-17/h2-4H,1H3,(H,21,22)(H3,18,19,20).